The number of carboxylic acid groups (broad SMARTS) is 1. The van der Waals surface area contributed by atoms with Crippen LogP contribution in [0.15, 0.2) is 24.7 Å². The molecule has 1 aliphatic heterocycles. The van der Waals surface area contributed by atoms with Gasteiger partial charge in [-0.1, -0.05) is 0 Å². The van der Waals surface area contributed by atoms with Crippen LogP contribution in [0.25, 0.3) is 0 Å². The number of hydrogen-bond donors (Lipinski definition) is 1. The second-order valence-corrected chi connectivity index (χ2v) is 4.67. The molecule has 0 aromatic rings. The summed E-state index contributed by atoms with van der Waals surface area (Å²) in [4.78, 5) is 11.2. The number of carbonyl (C=O) groups is 1. The number of ether oxygens (including phenoxy) is 1. The molecule has 0 spiro atoms. The van der Waals surface area contributed by atoms with Crippen molar-refractivity contribution in [2.45, 2.75) is 17.7 Å². The third-order valence-corrected chi connectivity index (χ3v) is 4.10. The van der Waals surface area contributed by atoms with Gasteiger partial charge in [0.2, 0.25) is 0 Å². The first-order valence-electron chi connectivity index (χ1n) is 4.40. The molecule has 1 aliphatic rings. The van der Waals surface area contributed by atoms with E-state index >= 15 is 0 Å². The molecule has 0 aromatic carbocycles. The Labute approximate surface area is 96.0 Å². The van der Waals surface area contributed by atoms with Crippen LogP contribution >= 0.6 is 0 Å². The summed E-state index contributed by atoms with van der Waals surface area (Å²) in [5.41, 5.74) is -0.828. The predicted molar refractivity (Wildman–Crippen MR) is 55.2 cm³/mol. The number of allylic oxidation sites excluding steroid dienone is 2. The van der Waals surface area contributed by atoms with E-state index in [0.717, 1.165) is 0 Å². The van der Waals surface area contributed by atoms with Crippen LogP contribution in [0.1, 0.15) is 13.3 Å². The Morgan fingerprint density at radius 3 is 2.53 bits per heavy atom. The van der Waals surface area contributed by atoms with Gasteiger partial charge in [0.15, 0.2) is 0 Å². The summed E-state index contributed by atoms with van der Waals surface area (Å²) in [6, 6.07) is 1.85. The van der Waals surface area contributed by atoms with Gasteiger partial charge >= 0.3 is 95.7 Å². The van der Waals surface area contributed by atoms with Gasteiger partial charge in [0.1, 0.15) is 0 Å². The molecule has 1 N–H and O–H groups in total. The third kappa shape index (κ3) is 1.67. The number of aliphatic carboxylic acids is 1. The molecule has 0 fully saturated rings. The van der Waals surface area contributed by atoms with Gasteiger partial charge in [0, 0.05) is 0 Å². The molecule has 0 saturated carbocycles. The monoisotopic (exact) mass is 273 g/mol. The van der Waals surface area contributed by atoms with Gasteiger partial charge in [-0.15, -0.1) is 0 Å². The van der Waals surface area contributed by atoms with Crippen LogP contribution in [0.2, 0.25) is 4.31 Å². The zero-order valence-electron chi connectivity index (χ0n) is 8.17. The van der Waals surface area contributed by atoms with Crippen LogP contribution in [-0.4, -0.2) is 27.1 Å². The van der Waals surface area contributed by atoms with Crippen LogP contribution in [0.4, 0.5) is 0 Å². The predicted octanol–water partition coefficient (Wildman–Crippen LogP) is 1.11. The first-order chi connectivity index (χ1) is 7.02. The fourth-order valence-corrected chi connectivity index (χ4v) is 2.15. The zero-order chi connectivity index (χ0) is 11.5. The van der Waals surface area contributed by atoms with Gasteiger partial charge in [-0.2, -0.15) is 0 Å². The van der Waals surface area contributed by atoms with Crippen LogP contribution in [0.3, 0.4) is 0 Å². The van der Waals surface area contributed by atoms with Crippen LogP contribution in [0, 0.1) is 16.7 Å². The van der Waals surface area contributed by atoms with E-state index in [1.54, 1.807) is 12.2 Å². The molecule has 0 unspecified atom stereocenters. The van der Waals surface area contributed by atoms with Crippen molar-refractivity contribution in [3.63, 3.8) is 0 Å². The molecule has 0 bridgehead atoms. The van der Waals surface area contributed by atoms with Crippen molar-refractivity contribution in [3.8, 4) is 6.07 Å². The quantitative estimate of drug-likeness (QED) is 0.781. The number of carboxylic acids is 1. The van der Waals surface area contributed by atoms with E-state index in [4.69, 9.17) is 15.1 Å². The molecule has 0 aliphatic carbocycles. The molecule has 15 heavy (non-hydrogen) atoms. The normalized spacial score (nSPS) is 21.1. The summed E-state index contributed by atoms with van der Waals surface area (Å²) in [6.45, 7) is 1.84. The maximum absolute atomic E-state index is 11.2. The molecule has 1 rings (SSSR count). The average Bonchev–Trinajstić information content (AvgIpc) is 2.28. The average molecular weight is 272 g/mol. The third-order valence-electron chi connectivity index (χ3n) is 2.62. The molecule has 0 amide bonds. The molecule has 80 valence electrons. The zero-order valence-corrected chi connectivity index (χ0v) is 10.1. The molecule has 0 saturated heterocycles. The number of rotatable bonds is 3. The van der Waals surface area contributed by atoms with Crippen molar-refractivity contribution in [1.82, 2.24) is 0 Å². The van der Waals surface area contributed by atoms with Gasteiger partial charge in [0.25, 0.3) is 0 Å². The van der Waals surface area contributed by atoms with E-state index in [9.17, 15) is 4.79 Å². The maximum atomic E-state index is 11.2. The molecule has 5 heteroatoms. The van der Waals surface area contributed by atoms with Crippen molar-refractivity contribution < 1.29 is 14.6 Å². The van der Waals surface area contributed by atoms with Crippen molar-refractivity contribution in [1.29, 1.82) is 5.26 Å². The van der Waals surface area contributed by atoms with Crippen molar-refractivity contribution in [2.24, 2.45) is 5.41 Å². The van der Waals surface area contributed by atoms with E-state index in [1.807, 2.05) is 29.0 Å². The van der Waals surface area contributed by atoms with Gasteiger partial charge < -0.3 is 0 Å². The Morgan fingerprint density at radius 1 is 1.67 bits per heavy atom. The Kier molecular flexibility index (Phi) is 3.23. The van der Waals surface area contributed by atoms with Gasteiger partial charge in [-0.25, -0.2) is 0 Å². The van der Waals surface area contributed by atoms with Crippen LogP contribution in [0.5, 0.6) is 0 Å². The number of hydrogen-bond acceptors (Lipinski definition) is 3. The molecule has 1 heterocycles. The summed E-state index contributed by atoms with van der Waals surface area (Å²) in [5.74, 6) is -1.15. The van der Waals surface area contributed by atoms with Crippen LogP contribution < -0.4 is 0 Å². The van der Waals surface area contributed by atoms with E-state index in [1.165, 1.54) is 12.5 Å². The van der Waals surface area contributed by atoms with E-state index in [-0.39, 0.29) is 0 Å². The number of nitrogens with zero attached hydrogens (tertiary/aromatic N) is 1. The first-order valence-corrected chi connectivity index (χ1v) is 5.34. The summed E-state index contributed by atoms with van der Waals surface area (Å²) >= 11 is 1.96. The van der Waals surface area contributed by atoms with E-state index in [0.29, 0.717) is 6.42 Å². The second-order valence-electron chi connectivity index (χ2n) is 3.26. The van der Waals surface area contributed by atoms with Crippen molar-refractivity contribution in [2.75, 3.05) is 0 Å². The number of nitriles is 1. The summed E-state index contributed by atoms with van der Waals surface area (Å²) in [7, 11) is 0. The minimum absolute atomic E-state index is 0.512. The second kappa shape index (κ2) is 4.09. The molecule has 4 nitrogen and oxygen atoms in total. The Balaban J connectivity index is 3.27. The van der Waals surface area contributed by atoms with Gasteiger partial charge in [-0.3, -0.25) is 0 Å². The van der Waals surface area contributed by atoms with Crippen LogP contribution in [-0.2, 0) is 9.53 Å². The summed E-state index contributed by atoms with van der Waals surface area (Å²) < 4.78 is 3.34. The summed E-state index contributed by atoms with van der Waals surface area (Å²) in [6.07, 6.45) is 6.56. The topological polar surface area (TPSA) is 70.3 Å². The minimum atomic E-state index is -1.54. The van der Waals surface area contributed by atoms with E-state index < -0.39 is 15.7 Å². The fraction of sp³-hybridized carbons (Fsp3) is 0.400. The molecular weight excluding hydrogens is 261 g/mol. The van der Waals surface area contributed by atoms with Crippen molar-refractivity contribution in [3.05, 3.63) is 24.7 Å². The Hall–Kier alpha value is -1.24. The van der Waals surface area contributed by atoms with Gasteiger partial charge in [-0.05, 0) is 0 Å². The molecule has 0 radical (unpaired) electrons. The molecule has 0 aromatic heterocycles. The summed E-state index contributed by atoms with van der Waals surface area (Å²) in [5, 5.41) is 18.2. The first kappa shape index (κ1) is 11.8. The Bertz CT molecular complexity index is 357. The Morgan fingerprint density at radius 2 is 2.20 bits per heavy atom. The van der Waals surface area contributed by atoms with Crippen molar-refractivity contribution >= 4 is 22.0 Å². The molecule has 1 atom stereocenters. The molecular formula is C10H11NO3Se. The fourth-order valence-electron chi connectivity index (χ4n) is 1.51. The standard InChI is InChI=1S/C10H11NO3Se/c1-2-9(3-5-14-6-4-9)10(15,7-11)8(12)13/h3-6,15H,2H2,1H3,(H,12,13)/t10-/m0/s1. The SMILES string of the molecule is CCC1([C@]([SeH])(C#N)C(=O)O)C=COC=C1. The van der Waals surface area contributed by atoms with Gasteiger partial charge in [0.05, 0.1) is 0 Å². The van der Waals surface area contributed by atoms with E-state index in [2.05, 4.69) is 0 Å².